The average Bonchev–Trinajstić information content (AvgIpc) is 3.22. The number of hydrogen-bond donors (Lipinski definition) is 2. The van der Waals surface area contributed by atoms with Crippen molar-refractivity contribution in [1.82, 2.24) is 14.8 Å². The van der Waals surface area contributed by atoms with E-state index in [4.69, 9.17) is 11.6 Å². The highest BCUT2D eigenvalue weighted by atomic mass is 35.5. The molecule has 3 aromatic carbocycles. The summed E-state index contributed by atoms with van der Waals surface area (Å²) in [4.78, 5) is 4.55. The van der Waals surface area contributed by atoms with Gasteiger partial charge in [-0.25, -0.2) is 17.8 Å². The molecule has 0 radical (unpaired) electrons. The predicted octanol–water partition coefficient (Wildman–Crippen LogP) is 4.79. The average molecular weight is 464 g/mol. The lowest BCUT2D eigenvalue weighted by atomic mass is 10.0. The minimum Gasteiger partial charge on any atom is -0.324 e. The molecule has 4 aromatic rings. The van der Waals surface area contributed by atoms with Crippen LogP contribution < -0.4 is 10.0 Å². The molecule has 0 saturated carbocycles. The fraction of sp³-hybridized carbons (Fsp3) is 0.0435. The number of rotatable bonds is 5. The molecule has 0 saturated heterocycles. The van der Waals surface area contributed by atoms with Crippen molar-refractivity contribution in [2.75, 3.05) is 10.0 Å². The van der Waals surface area contributed by atoms with E-state index < -0.39 is 10.0 Å². The number of sulfonamides is 1. The van der Waals surface area contributed by atoms with E-state index in [0.717, 1.165) is 16.8 Å². The van der Waals surface area contributed by atoms with Crippen molar-refractivity contribution >= 4 is 39.2 Å². The standard InChI is InChI=1S/C23H18ClN5O2S/c24-18-13-11-17(12-14-18)21-15-20(16-7-3-1-4-8-16)25-23-26-22(27-29(21)23)28-32(30,31)19-9-5-2-6-10-19/h1-15,21H,(H2,25,26,27,28)/t21-/m1/s1. The Kier molecular flexibility index (Phi) is 5.16. The van der Waals surface area contributed by atoms with Crippen molar-refractivity contribution in [3.63, 3.8) is 0 Å². The molecule has 32 heavy (non-hydrogen) atoms. The maximum atomic E-state index is 12.7. The number of fused-ring (bicyclic) bond motifs is 1. The summed E-state index contributed by atoms with van der Waals surface area (Å²) < 4.78 is 29.6. The van der Waals surface area contributed by atoms with Gasteiger partial charge in [-0.1, -0.05) is 72.3 Å². The molecule has 0 aliphatic carbocycles. The first-order valence-corrected chi connectivity index (χ1v) is 11.7. The number of allylic oxidation sites excluding steroid dienone is 1. The van der Waals surface area contributed by atoms with Gasteiger partial charge in [0.25, 0.3) is 16.0 Å². The summed E-state index contributed by atoms with van der Waals surface area (Å²) >= 11 is 6.07. The van der Waals surface area contributed by atoms with Gasteiger partial charge < -0.3 is 5.32 Å². The highest BCUT2D eigenvalue weighted by Gasteiger charge is 2.27. The van der Waals surface area contributed by atoms with Gasteiger partial charge in [0.1, 0.15) is 6.04 Å². The number of aromatic nitrogens is 3. The second-order valence-corrected chi connectivity index (χ2v) is 9.31. The van der Waals surface area contributed by atoms with Crippen molar-refractivity contribution in [2.24, 2.45) is 0 Å². The largest absolute Gasteiger partial charge is 0.324 e. The van der Waals surface area contributed by atoms with Gasteiger partial charge >= 0.3 is 0 Å². The fourth-order valence-electron chi connectivity index (χ4n) is 3.50. The lowest BCUT2D eigenvalue weighted by Gasteiger charge is -2.24. The first-order chi connectivity index (χ1) is 15.5. The van der Waals surface area contributed by atoms with Gasteiger partial charge in [0.05, 0.1) is 4.90 Å². The summed E-state index contributed by atoms with van der Waals surface area (Å²) in [7, 11) is -3.82. The molecule has 2 heterocycles. The maximum absolute atomic E-state index is 12.7. The highest BCUT2D eigenvalue weighted by Crippen LogP contribution is 2.33. The predicted molar refractivity (Wildman–Crippen MR) is 125 cm³/mol. The van der Waals surface area contributed by atoms with Crippen LogP contribution in [0.15, 0.2) is 95.9 Å². The van der Waals surface area contributed by atoms with Gasteiger partial charge in [0.2, 0.25) is 5.95 Å². The summed E-state index contributed by atoms with van der Waals surface area (Å²) in [5.74, 6) is 0.412. The summed E-state index contributed by atoms with van der Waals surface area (Å²) in [6.45, 7) is 0. The SMILES string of the molecule is O=S(=O)(Nc1nc2n(n1)[C@@H](c1ccc(Cl)cc1)C=C(c1ccccc1)N2)c1ccccc1. The molecule has 7 nitrogen and oxygen atoms in total. The number of nitrogens with zero attached hydrogens (tertiary/aromatic N) is 3. The van der Waals surface area contributed by atoms with E-state index in [1.165, 1.54) is 12.1 Å². The summed E-state index contributed by atoms with van der Waals surface area (Å²) in [5.41, 5.74) is 2.77. The van der Waals surface area contributed by atoms with E-state index in [2.05, 4.69) is 20.1 Å². The Balaban J connectivity index is 1.55. The number of nitrogens with one attached hydrogen (secondary N) is 2. The molecule has 0 amide bonds. The summed E-state index contributed by atoms with van der Waals surface area (Å²) in [6, 6.07) is 25.1. The van der Waals surface area contributed by atoms with E-state index in [9.17, 15) is 8.42 Å². The van der Waals surface area contributed by atoms with Crippen LogP contribution in [0.4, 0.5) is 11.9 Å². The van der Waals surface area contributed by atoms with Crippen molar-refractivity contribution in [3.05, 3.63) is 107 Å². The quantitative estimate of drug-likeness (QED) is 0.444. The maximum Gasteiger partial charge on any atom is 0.264 e. The van der Waals surface area contributed by atoms with Crippen molar-refractivity contribution in [1.29, 1.82) is 0 Å². The zero-order valence-corrected chi connectivity index (χ0v) is 18.3. The minimum atomic E-state index is -3.82. The Labute approximate surface area is 190 Å². The van der Waals surface area contributed by atoms with Gasteiger partial charge in [-0.15, -0.1) is 5.10 Å². The Morgan fingerprint density at radius 3 is 2.25 bits per heavy atom. The molecular formula is C23H18ClN5O2S. The Morgan fingerprint density at radius 2 is 1.56 bits per heavy atom. The lowest BCUT2D eigenvalue weighted by molar-refractivity contribution is 0.598. The van der Waals surface area contributed by atoms with Gasteiger partial charge in [-0.3, -0.25) is 0 Å². The Morgan fingerprint density at radius 1 is 0.906 bits per heavy atom. The van der Waals surface area contributed by atoms with Crippen molar-refractivity contribution in [3.8, 4) is 0 Å². The Bertz CT molecular complexity index is 1390. The van der Waals surface area contributed by atoms with Crippen LogP contribution in [-0.4, -0.2) is 23.2 Å². The van der Waals surface area contributed by atoms with Crippen molar-refractivity contribution < 1.29 is 8.42 Å². The second kappa shape index (κ2) is 8.14. The van der Waals surface area contributed by atoms with E-state index in [1.807, 2.05) is 60.7 Å². The first-order valence-electron chi connectivity index (χ1n) is 9.84. The van der Waals surface area contributed by atoms with Crippen LogP contribution >= 0.6 is 11.6 Å². The molecule has 0 spiro atoms. The van der Waals surface area contributed by atoms with Gasteiger partial charge in [0.15, 0.2) is 0 Å². The van der Waals surface area contributed by atoms with Crippen LogP contribution in [0.25, 0.3) is 5.70 Å². The number of halogens is 1. The smallest absolute Gasteiger partial charge is 0.264 e. The van der Waals surface area contributed by atoms with Crippen LogP contribution in [0.2, 0.25) is 5.02 Å². The molecule has 160 valence electrons. The topological polar surface area (TPSA) is 88.9 Å². The third kappa shape index (κ3) is 3.98. The van der Waals surface area contributed by atoms with Gasteiger partial charge in [-0.2, -0.15) is 4.98 Å². The van der Waals surface area contributed by atoms with Crippen LogP contribution in [-0.2, 0) is 10.0 Å². The molecule has 0 bridgehead atoms. The molecule has 9 heteroatoms. The third-order valence-corrected chi connectivity index (χ3v) is 6.64. The lowest BCUT2D eigenvalue weighted by Crippen LogP contribution is -2.20. The van der Waals surface area contributed by atoms with Crippen LogP contribution in [0, 0.1) is 0 Å². The van der Waals surface area contributed by atoms with Crippen LogP contribution in [0.3, 0.4) is 0 Å². The third-order valence-electron chi connectivity index (χ3n) is 5.04. The molecule has 1 aliphatic rings. The van der Waals surface area contributed by atoms with E-state index in [0.29, 0.717) is 11.0 Å². The zero-order valence-electron chi connectivity index (χ0n) is 16.7. The van der Waals surface area contributed by atoms with Gasteiger partial charge in [-0.05, 0) is 41.5 Å². The molecule has 1 aliphatic heterocycles. The molecule has 2 N–H and O–H groups in total. The first kappa shape index (κ1) is 20.3. The van der Waals surface area contributed by atoms with E-state index in [-0.39, 0.29) is 16.9 Å². The van der Waals surface area contributed by atoms with Crippen LogP contribution in [0.5, 0.6) is 0 Å². The number of anilines is 2. The van der Waals surface area contributed by atoms with Crippen molar-refractivity contribution in [2.45, 2.75) is 10.9 Å². The number of hydrogen-bond acceptors (Lipinski definition) is 5. The van der Waals surface area contributed by atoms with Gasteiger partial charge in [0, 0.05) is 10.7 Å². The summed E-state index contributed by atoms with van der Waals surface area (Å²) in [6.07, 6.45) is 2.02. The molecule has 1 atom stereocenters. The summed E-state index contributed by atoms with van der Waals surface area (Å²) in [5, 5.41) is 8.33. The monoisotopic (exact) mass is 463 g/mol. The Hall–Kier alpha value is -3.62. The normalized spacial score (nSPS) is 15.4. The molecule has 1 aromatic heterocycles. The number of benzene rings is 3. The zero-order chi connectivity index (χ0) is 22.1. The van der Waals surface area contributed by atoms with Crippen LogP contribution in [0.1, 0.15) is 17.2 Å². The molecule has 0 fully saturated rings. The van der Waals surface area contributed by atoms with E-state index in [1.54, 1.807) is 22.9 Å². The fourth-order valence-corrected chi connectivity index (χ4v) is 4.58. The molecule has 5 rings (SSSR count). The van der Waals surface area contributed by atoms with E-state index >= 15 is 0 Å². The second-order valence-electron chi connectivity index (χ2n) is 7.19. The highest BCUT2D eigenvalue weighted by molar-refractivity contribution is 7.92. The molecule has 0 unspecified atom stereocenters. The minimum absolute atomic E-state index is 0.0157. The molecular weight excluding hydrogens is 446 g/mol.